The molecule has 3 nitrogen and oxygen atoms in total. The Morgan fingerprint density at radius 2 is 1.94 bits per heavy atom. The number of rotatable bonds is 6. The van der Waals surface area contributed by atoms with E-state index in [9.17, 15) is 13.6 Å². The van der Waals surface area contributed by atoms with Crippen molar-refractivity contribution < 1.29 is 18.3 Å². The third-order valence-corrected chi connectivity index (χ3v) is 1.87. The number of nitrogens with two attached hydrogens (primary N) is 1. The fraction of sp³-hybridized carbons (Fsp3) is 0.900. The molecule has 2 N–H and O–H groups in total. The van der Waals surface area contributed by atoms with Gasteiger partial charge in [-0.05, 0) is 19.3 Å². The summed E-state index contributed by atoms with van der Waals surface area (Å²) in [7, 11) is 0. The highest BCUT2D eigenvalue weighted by atomic mass is 35.5. The topological polar surface area (TPSA) is 52.3 Å². The molecular weight excluding hydrogens is 240 g/mol. The monoisotopic (exact) mass is 259 g/mol. The molecule has 1 unspecified atom stereocenters. The highest BCUT2D eigenvalue weighted by Gasteiger charge is 2.41. The molecule has 0 aliphatic rings. The van der Waals surface area contributed by atoms with Crippen LogP contribution in [0.4, 0.5) is 8.78 Å². The van der Waals surface area contributed by atoms with Gasteiger partial charge in [-0.3, -0.25) is 0 Å². The maximum atomic E-state index is 13.2. The molecule has 0 spiro atoms. The lowest BCUT2D eigenvalue weighted by Gasteiger charge is -2.20. The number of carbonyl (C=O) groups excluding carboxylic acids is 1. The summed E-state index contributed by atoms with van der Waals surface area (Å²) in [4.78, 5) is 10.9. The van der Waals surface area contributed by atoms with Gasteiger partial charge in [-0.15, -0.1) is 12.4 Å². The molecule has 0 radical (unpaired) electrons. The van der Waals surface area contributed by atoms with Crippen LogP contribution in [0.25, 0.3) is 0 Å². The average Bonchev–Trinajstić information content (AvgIpc) is 2.01. The van der Waals surface area contributed by atoms with Crippen molar-refractivity contribution in [2.45, 2.75) is 45.6 Å². The Morgan fingerprint density at radius 1 is 1.44 bits per heavy atom. The van der Waals surface area contributed by atoms with Crippen LogP contribution in [-0.4, -0.2) is 24.5 Å². The van der Waals surface area contributed by atoms with Gasteiger partial charge in [-0.1, -0.05) is 13.8 Å². The molecule has 0 aliphatic carbocycles. The summed E-state index contributed by atoms with van der Waals surface area (Å²) >= 11 is 0. The molecule has 0 aromatic carbocycles. The summed E-state index contributed by atoms with van der Waals surface area (Å²) in [6, 6.07) is -0.676. The van der Waals surface area contributed by atoms with Crippen LogP contribution in [0, 0.1) is 5.92 Å². The van der Waals surface area contributed by atoms with Crippen LogP contribution in [0.1, 0.15) is 33.6 Å². The lowest BCUT2D eigenvalue weighted by molar-refractivity contribution is -0.173. The lowest BCUT2D eigenvalue weighted by atomic mass is 9.99. The van der Waals surface area contributed by atoms with E-state index in [0.29, 0.717) is 6.42 Å². The summed E-state index contributed by atoms with van der Waals surface area (Å²) in [5.41, 5.74) is 5.51. The van der Waals surface area contributed by atoms with Gasteiger partial charge < -0.3 is 10.5 Å². The van der Waals surface area contributed by atoms with Gasteiger partial charge in [-0.2, -0.15) is 8.78 Å². The van der Waals surface area contributed by atoms with E-state index in [1.54, 1.807) is 0 Å². The Bertz CT molecular complexity index is 213. The quantitative estimate of drug-likeness (QED) is 0.745. The first-order valence-corrected chi connectivity index (χ1v) is 5.10. The van der Waals surface area contributed by atoms with Crippen molar-refractivity contribution in [3.05, 3.63) is 0 Å². The molecule has 0 amide bonds. The van der Waals surface area contributed by atoms with Crippen molar-refractivity contribution in [2.75, 3.05) is 6.61 Å². The molecular formula is C10H20ClF2NO2. The minimum Gasteiger partial charge on any atom is -0.462 e. The van der Waals surface area contributed by atoms with Crippen LogP contribution < -0.4 is 5.73 Å². The minimum absolute atomic E-state index is 0. The second-order valence-electron chi connectivity index (χ2n) is 4.02. The molecule has 0 fully saturated rings. The number of halogens is 3. The van der Waals surface area contributed by atoms with Crippen LogP contribution >= 0.6 is 12.4 Å². The normalized spacial score (nSPS) is 13.2. The first kappa shape index (κ1) is 18.0. The van der Waals surface area contributed by atoms with Gasteiger partial charge in [0, 0.05) is 12.5 Å². The summed E-state index contributed by atoms with van der Waals surface area (Å²) in [6.45, 7) is 5.22. The van der Waals surface area contributed by atoms with E-state index in [-0.39, 0.29) is 24.9 Å². The molecule has 0 aromatic heterocycles. The van der Waals surface area contributed by atoms with Crippen molar-refractivity contribution in [1.29, 1.82) is 0 Å². The van der Waals surface area contributed by atoms with E-state index in [2.05, 4.69) is 4.74 Å². The van der Waals surface area contributed by atoms with E-state index in [0.717, 1.165) is 0 Å². The van der Waals surface area contributed by atoms with Crippen LogP contribution in [0.5, 0.6) is 0 Å². The van der Waals surface area contributed by atoms with Crippen molar-refractivity contribution >= 4 is 18.4 Å². The SMILES string of the molecule is CCOC(=O)C(F)(F)CC(N)CC(C)C.Cl. The third kappa shape index (κ3) is 6.95. The Kier molecular flexibility index (Phi) is 8.74. The Labute approximate surface area is 101 Å². The van der Waals surface area contributed by atoms with Crippen LogP contribution in [-0.2, 0) is 9.53 Å². The molecule has 0 bridgehead atoms. The largest absolute Gasteiger partial charge is 0.462 e. The van der Waals surface area contributed by atoms with E-state index in [1.165, 1.54) is 6.92 Å². The number of hydrogen-bond acceptors (Lipinski definition) is 3. The fourth-order valence-electron chi connectivity index (χ4n) is 1.34. The molecule has 0 rings (SSSR count). The Morgan fingerprint density at radius 3 is 2.31 bits per heavy atom. The van der Waals surface area contributed by atoms with Crippen LogP contribution in [0.2, 0.25) is 0 Å². The first-order valence-electron chi connectivity index (χ1n) is 5.10. The summed E-state index contributed by atoms with van der Waals surface area (Å²) < 4.78 is 30.6. The highest BCUT2D eigenvalue weighted by Crippen LogP contribution is 2.23. The molecule has 0 saturated heterocycles. The van der Waals surface area contributed by atoms with Crippen LogP contribution in [0.3, 0.4) is 0 Å². The molecule has 0 heterocycles. The summed E-state index contributed by atoms with van der Waals surface area (Å²) in [5.74, 6) is -4.72. The zero-order chi connectivity index (χ0) is 12.1. The number of alkyl halides is 2. The standard InChI is InChI=1S/C10H19F2NO2.ClH/c1-4-15-9(14)10(11,12)6-8(13)5-7(2)3;/h7-8H,4-6,13H2,1-3H3;1H. The lowest BCUT2D eigenvalue weighted by Crippen LogP contribution is -2.38. The second kappa shape index (κ2) is 7.79. The molecule has 98 valence electrons. The van der Waals surface area contributed by atoms with E-state index < -0.39 is 24.4 Å². The smallest absolute Gasteiger partial charge is 0.377 e. The molecule has 0 saturated carbocycles. The average molecular weight is 260 g/mol. The molecule has 0 aromatic rings. The van der Waals surface area contributed by atoms with Gasteiger partial charge in [0.25, 0.3) is 0 Å². The van der Waals surface area contributed by atoms with Crippen molar-refractivity contribution in [2.24, 2.45) is 11.7 Å². The van der Waals surface area contributed by atoms with E-state index in [1.807, 2.05) is 13.8 Å². The second-order valence-corrected chi connectivity index (χ2v) is 4.02. The predicted octanol–water partition coefficient (Wildman–Crippen LogP) is 2.37. The van der Waals surface area contributed by atoms with E-state index >= 15 is 0 Å². The van der Waals surface area contributed by atoms with Crippen molar-refractivity contribution in [3.63, 3.8) is 0 Å². The predicted molar refractivity (Wildman–Crippen MR) is 60.9 cm³/mol. The Balaban J connectivity index is 0. The number of ether oxygens (including phenoxy) is 1. The van der Waals surface area contributed by atoms with Gasteiger partial charge in [0.05, 0.1) is 6.61 Å². The number of carbonyl (C=O) groups is 1. The number of hydrogen-bond donors (Lipinski definition) is 1. The van der Waals surface area contributed by atoms with Crippen molar-refractivity contribution in [3.8, 4) is 0 Å². The summed E-state index contributed by atoms with van der Waals surface area (Å²) in [6.07, 6.45) is -0.182. The van der Waals surface area contributed by atoms with Gasteiger partial charge in [0.1, 0.15) is 0 Å². The van der Waals surface area contributed by atoms with Gasteiger partial charge in [0.15, 0.2) is 0 Å². The van der Waals surface area contributed by atoms with E-state index in [4.69, 9.17) is 5.73 Å². The maximum Gasteiger partial charge on any atom is 0.377 e. The van der Waals surface area contributed by atoms with Gasteiger partial charge in [0.2, 0.25) is 0 Å². The zero-order valence-corrected chi connectivity index (χ0v) is 10.7. The minimum atomic E-state index is -3.47. The molecule has 1 atom stereocenters. The maximum absolute atomic E-state index is 13.2. The summed E-state index contributed by atoms with van der Waals surface area (Å²) in [5, 5.41) is 0. The third-order valence-electron chi connectivity index (χ3n) is 1.87. The molecule has 6 heteroatoms. The van der Waals surface area contributed by atoms with Gasteiger partial charge >= 0.3 is 11.9 Å². The zero-order valence-electron chi connectivity index (χ0n) is 9.83. The highest BCUT2D eigenvalue weighted by molar-refractivity contribution is 5.85. The fourth-order valence-corrected chi connectivity index (χ4v) is 1.34. The molecule has 0 aliphatic heterocycles. The first-order chi connectivity index (χ1) is 6.79. The van der Waals surface area contributed by atoms with Crippen LogP contribution in [0.15, 0.2) is 0 Å². The Hall–Kier alpha value is -0.420. The number of esters is 1. The molecule has 16 heavy (non-hydrogen) atoms. The van der Waals surface area contributed by atoms with Gasteiger partial charge in [-0.25, -0.2) is 4.79 Å². The van der Waals surface area contributed by atoms with Crippen molar-refractivity contribution in [1.82, 2.24) is 0 Å².